The average molecular weight is 289 g/mol. The highest BCUT2D eigenvalue weighted by Crippen LogP contribution is 2.21. The van der Waals surface area contributed by atoms with Crippen molar-refractivity contribution in [3.8, 4) is 0 Å². The maximum absolute atomic E-state index is 12.0. The van der Waals surface area contributed by atoms with Crippen molar-refractivity contribution in [3.63, 3.8) is 0 Å². The third-order valence-electron chi connectivity index (χ3n) is 2.92. The first-order valence-electron chi connectivity index (χ1n) is 6.37. The molecule has 1 amide bonds. The first-order valence-corrected chi connectivity index (χ1v) is 6.37. The van der Waals surface area contributed by atoms with Crippen molar-refractivity contribution in [3.05, 3.63) is 45.5 Å². The standard InChI is InChI=1S/C13H15N5O3/c1-7(2)11-15-12(17-16-11)13(19)14-10-5-4-9(18(20)21)6-8(10)3/h4-7H,1-3H3,(H,14,19)(H,15,16,17). The molecule has 0 fully saturated rings. The molecule has 0 aliphatic carbocycles. The summed E-state index contributed by atoms with van der Waals surface area (Å²) in [5.74, 6) is 0.340. The average Bonchev–Trinajstić information content (AvgIpc) is 2.90. The summed E-state index contributed by atoms with van der Waals surface area (Å²) in [6.07, 6.45) is 0. The zero-order valence-electron chi connectivity index (χ0n) is 11.9. The van der Waals surface area contributed by atoms with Gasteiger partial charge in [-0.25, -0.2) is 4.98 Å². The number of aromatic amines is 1. The van der Waals surface area contributed by atoms with E-state index in [9.17, 15) is 14.9 Å². The number of hydrogen-bond donors (Lipinski definition) is 2. The molecule has 8 heteroatoms. The highest BCUT2D eigenvalue weighted by molar-refractivity contribution is 6.02. The van der Waals surface area contributed by atoms with E-state index in [1.807, 2.05) is 13.8 Å². The van der Waals surface area contributed by atoms with Gasteiger partial charge in [-0.2, -0.15) is 0 Å². The summed E-state index contributed by atoms with van der Waals surface area (Å²) in [6.45, 7) is 5.55. The van der Waals surface area contributed by atoms with Crippen molar-refractivity contribution in [2.75, 3.05) is 5.32 Å². The molecule has 0 saturated heterocycles. The van der Waals surface area contributed by atoms with Crippen LogP contribution in [-0.4, -0.2) is 26.0 Å². The summed E-state index contributed by atoms with van der Waals surface area (Å²) in [6, 6.07) is 4.22. The maximum Gasteiger partial charge on any atom is 0.295 e. The number of nitrogens with one attached hydrogen (secondary N) is 2. The quantitative estimate of drug-likeness (QED) is 0.662. The van der Waals surface area contributed by atoms with Gasteiger partial charge >= 0.3 is 0 Å². The third kappa shape index (κ3) is 3.22. The molecule has 21 heavy (non-hydrogen) atoms. The number of hydrogen-bond acceptors (Lipinski definition) is 5. The van der Waals surface area contributed by atoms with E-state index < -0.39 is 10.8 Å². The molecule has 0 radical (unpaired) electrons. The van der Waals surface area contributed by atoms with Gasteiger partial charge in [0.2, 0.25) is 5.82 Å². The molecule has 0 aliphatic rings. The Morgan fingerprint density at radius 2 is 2.14 bits per heavy atom. The van der Waals surface area contributed by atoms with E-state index in [1.54, 1.807) is 6.92 Å². The van der Waals surface area contributed by atoms with Crippen molar-refractivity contribution in [1.29, 1.82) is 0 Å². The molecule has 2 N–H and O–H groups in total. The molecule has 1 aromatic carbocycles. The lowest BCUT2D eigenvalue weighted by atomic mass is 10.2. The second-order valence-corrected chi connectivity index (χ2v) is 4.91. The lowest BCUT2D eigenvalue weighted by Gasteiger charge is -2.06. The molecular weight excluding hydrogens is 274 g/mol. The molecule has 2 aromatic rings. The van der Waals surface area contributed by atoms with Gasteiger partial charge in [-0.05, 0) is 18.6 Å². The number of nitro groups is 1. The lowest BCUT2D eigenvalue weighted by Crippen LogP contribution is -2.14. The van der Waals surface area contributed by atoms with E-state index in [4.69, 9.17) is 0 Å². The number of amides is 1. The highest BCUT2D eigenvalue weighted by Gasteiger charge is 2.16. The van der Waals surface area contributed by atoms with Gasteiger partial charge in [-0.1, -0.05) is 13.8 Å². The molecule has 1 heterocycles. The number of anilines is 1. The van der Waals surface area contributed by atoms with Gasteiger partial charge in [0, 0.05) is 23.7 Å². The molecule has 1 aromatic heterocycles. The normalized spacial score (nSPS) is 10.7. The summed E-state index contributed by atoms with van der Waals surface area (Å²) >= 11 is 0. The minimum Gasteiger partial charge on any atom is -0.319 e. The molecule has 110 valence electrons. The van der Waals surface area contributed by atoms with E-state index >= 15 is 0 Å². The van der Waals surface area contributed by atoms with Crippen LogP contribution in [0.25, 0.3) is 0 Å². The van der Waals surface area contributed by atoms with Gasteiger partial charge in [-0.3, -0.25) is 20.0 Å². The topological polar surface area (TPSA) is 114 Å². The number of aryl methyl sites for hydroxylation is 1. The Labute approximate surface area is 120 Å². The van der Waals surface area contributed by atoms with Crippen LogP contribution >= 0.6 is 0 Å². The molecule has 0 aliphatic heterocycles. The number of H-pyrrole nitrogens is 1. The van der Waals surface area contributed by atoms with Crippen LogP contribution in [0.1, 0.15) is 41.8 Å². The van der Waals surface area contributed by atoms with Crippen molar-refractivity contribution in [2.24, 2.45) is 0 Å². The second kappa shape index (κ2) is 5.70. The van der Waals surface area contributed by atoms with Crippen LogP contribution in [0, 0.1) is 17.0 Å². The summed E-state index contributed by atoms with van der Waals surface area (Å²) in [7, 11) is 0. The Morgan fingerprint density at radius 1 is 1.43 bits per heavy atom. The first-order chi connectivity index (χ1) is 9.88. The number of rotatable bonds is 4. The largest absolute Gasteiger partial charge is 0.319 e. The fraction of sp³-hybridized carbons (Fsp3) is 0.308. The fourth-order valence-electron chi connectivity index (χ4n) is 1.71. The Morgan fingerprint density at radius 3 is 2.67 bits per heavy atom. The monoisotopic (exact) mass is 289 g/mol. The molecule has 2 rings (SSSR count). The van der Waals surface area contributed by atoms with Crippen LogP contribution in [0.15, 0.2) is 18.2 Å². The Hall–Kier alpha value is -2.77. The highest BCUT2D eigenvalue weighted by atomic mass is 16.6. The van der Waals surface area contributed by atoms with Crippen LogP contribution in [0.2, 0.25) is 0 Å². The molecule has 0 atom stereocenters. The Bertz CT molecular complexity index is 693. The first kappa shape index (κ1) is 14.6. The number of carbonyl (C=O) groups excluding carboxylic acids is 1. The third-order valence-corrected chi connectivity index (χ3v) is 2.92. The van der Waals surface area contributed by atoms with E-state index in [-0.39, 0.29) is 17.4 Å². The minimum absolute atomic E-state index is 0.0227. The Balaban J connectivity index is 2.17. The lowest BCUT2D eigenvalue weighted by molar-refractivity contribution is -0.384. The van der Waals surface area contributed by atoms with Crippen molar-refractivity contribution in [1.82, 2.24) is 15.2 Å². The SMILES string of the molecule is Cc1cc([N+](=O)[O-])ccc1NC(=O)c1n[nH]c(C(C)C)n1. The summed E-state index contributed by atoms with van der Waals surface area (Å²) in [5, 5.41) is 19.9. The predicted molar refractivity (Wildman–Crippen MR) is 76.3 cm³/mol. The van der Waals surface area contributed by atoms with Gasteiger partial charge in [0.15, 0.2) is 0 Å². The van der Waals surface area contributed by atoms with Crippen LogP contribution in [0.4, 0.5) is 11.4 Å². The predicted octanol–water partition coefficient (Wildman–Crippen LogP) is 2.40. The van der Waals surface area contributed by atoms with E-state index in [0.717, 1.165) is 0 Å². The van der Waals surface area contributed by atoms with Crippen LogP contribution in [-0.2, 0) is 0 Å². The number of nitro benzene ring substituents is 1. The smallest absolute Gasteiger partial charge is 0.295 e. The molecule has 0 bridgehead atoms. The zero-order chi connectivity index (χ0) is 15.6. The number of nitrogens with zero attached hydrogens (tertiary/aromatic N) is 3. The van der Waals surface area contributed by atoms with Gasteiger partial charge in [0.1, 0.15) is 5.82 Å². The summed E-state index contributed by atoms with van der Waals surface area (Å²) < 4.78 is 0. The fourth-order valence-corrected chi connectivity index (χ4v) is 1.71. The van der Waals surface area contributed by atoms with Gasteiger partial charge in [-0.15, -0.1) is 5.10 Å². The number of benzene rings is 1. The zero-order valence-corrected chi connectivity index (χ0v) is 11.9. The van der Waals surface area contributed by atoms with Gasteiger partial charge in [0.25, 0.3) is 11.6 Å². The number of non-ortho nitro benzene ring substituents is 1. The van der Waals surface area contributed by atoms with E-state index in [0.29, 0.717) is 17.1 Å². The van der Waals surface area contributed by atoms with E-state index in [2.05, 4.69) is 20.5 Å². The molecule has 0 saturated carbocycles. The number of carbonyl (C=O) groups is 1. The van der Waals surface area contributed by atoms with Gasteiger partial charge in [0.05, 0.1) is 4.92 Å². The molecule has 0 spiro atoms. The summed E-state index contributed by atoms with van der Waals surface area (Å²) in [5.41, 5.74) is 1.06. The molecule has 0 unspecified atom stereocenters. The molecular formula is C13H15N5O3. The van der Waals surface area contributed by atoms with Crippen LogP contribution in [0.5, 0.6) is 0 Å². The van der Waals surface area contributed by atoms with Crippen LogP contribution < -0.4 is 5.32 Å². The number of aromatic nitrogens is 3. The van der Waals surface area contributed by atoms with Gasteiger partial charge < -0.3 is 5.32 Å². The van der Waals surface area contributed by atoms with E-state index in [1.165, 1.54) is 18.2 Å². The minimum atomic E-state index is -0.483. The Kier molecular flexibility index (Phi) is 3.97. The van der Waals surface area contributed by atoms with Crippen molar-refractivity contribution < 1.29 is 9.72 Å². The van der Waals surface area contributed by atoms with Crippen LogP contribution in [0.3, 0.4) is 0 Å². The van der Waals surface area contributed by atoms with Crippen molar-refractivity contribution in [2.45, 2.75) is 26.7 Å². The van der Waals surface area contributed by atoms with Crippen molar-refractivity contribution >= 4 is 17.3 Å². The summed E-state index contributed by atoms with van der Waals surface area (Å²) in [4.78, 5) is 26.3. The second-order valence-electron chi connectivity index (χ2n) is 4.91. The maximum atomic E-state index is 12.0. The molecule has 8 nitrogen and oxygen atoms in total.